The molecular formula is C26H37Cl. The first-order valence-corrected chi connectivity index (χ1v) is 11.7. The minimum absolute atomic E-state index is 0.486. The molecule has 0 unspecified atom stereocenters. The Morgan fingerprint density at radius 2 is 1.63 bits per heavy atom. The van der Waals surface area contributed by atoms with Crippen LogP contribution < -0.4 is 0 Å². The van der Waals surface area contributed by atoms with Crippen LogP contribution in [-0.4, -0.2) is 0 Å². The van der Waals surface area contributed by atoms with Gasteiger partial charge in [0.1, 0.15) is 0 Å². The highest BCUT2D eigenvalue weighted by Gasteiger charge is 2.41. The van der Waals surface area contributed by atoms with Crippen molar-refractivity contribution >= 4 is 17.2 Å². The fraction of sp³-hybridized carbons (Fsp3) is 0.692. The third kappa shape index (κ3) is 4.31. The van der Waals surface area contributed by atoms with E-state index in [1.165, 1.54) is 76.2 Å². The third-order valence-electron chi connectivity index (χ3n) is 8.15. The van der Waals surface area contributed by atoms with Crippen LogP contribution >= 0.6 is 11.6 Å². The van der Waals surface area contributed by atoms with E-state index in [1.54, 1.807) is 11.1 Å². The average molecular weight is 385 g/mol. The summed E-state index contributed by atoms with van der Waals surface area (Å²) >= 11 is 6.17. The summed E-state index contributed by atoms with van der Waals surface area (Å²) in [7, 11) is 0. The Morgan fingerprint density at radius 3 is 2.19 bits per heavy atom. The Balaban J connectivity index is 1.51. The molecule has 2 saturated carbocycles. The topological polar surface area (TPSA) is 0 Å². The molecule has 0 radical (unpaired) electrons. The normalized spacial score (nSPS) is 28.3. The van der Waals surface area contributed by atoms with Crippen LogP contribution in [0.5, 0.6) is 0 Å². The van der Waals surface area contributed by atoms with Crippen LogP contribution in [0.2, 0.25) is 5.02 Å². The molecule has 2 fully saturated rings. The van der Waals surface area contributed by atoms with E-state index >= 15 is 0 Å². The first-order chi connectivity index (χ1) is 12.8. The summed E-state index contributed by atoms with van der Waals surface area (Å²) < 4.78 is 0. The van der Waals surface area contributed by atoms with Gasteiger partial charge in [0.25, 0.3) is 0 Å². The molecule has 0 N–H and O–H groups in total. The molecule has 0 aliphatic heterocycles. The van der Waals surface area contributed by atoms with Gasteiger partial charge in [-0.3, -0.25) is 0 Å². The lowest BCUT2D eigenvalue weighted by molar-refractivity contribution is 0.117. The van der Waals surface area contributed by atoms with Gasteiger partial charge >= 0.3 is 0 Å². The van der Waals surface area contributed by atoms with Gasteiger partial charge in [-0.25, -0.2) is 0 Å². The maximum absolute atomic E-state index is 6.17. The third-order valence-corrected chi connectivity index (χ3v) is 8.40. The van der Waals surface area contributed by atoms with Crippen molar-refractivity contribution in [2.24, 2.45) is 22.7 Å². The molecular weight excluding hydrogens is 348 g/mol. The van der Waals surface area contributed by atoms with Crippen LogP contribution in [0.15, 0.2) is 29.8 Å². The second-order valence-corrected chi connectivity index (χ2v) is 11.3. The molecule has 0 saturated heterocycles. The van der Waals surface area contributed by atoms with Gasteiger partial charge in [0.2, 0.25) is 0 Å². The fourth-order valence-electron chi connectivity index (χ4n) is 6.02. The Bertz CT molecular complexity index is 676. The lowest BCUT2D eigenvalue weighted by Gasteiger charge is -2.47. The number of rotatable bonds is 3. The maximum Gasteiger partial charge on any atom is 0.0406 e. The molecule has 3 aliphatic rings. The number of benzene rings is 1. The van der Waals surface area contributed by atoms with E-state index in [0.717, 1.165) is 16.9 Å². The largest absolute Gasteiger partial charge is 0.0843 e. The van der Waals surface area contributed by atoms with E-state index in [0.29, 0.717) is 10.8 Å². The summed E-state index contributed by atoms with van der Waals surface area (Å²) in [5.41, 5.74) is 6.05. The average Bonchev–Trinajstić information content (AvgIpc) is 2.61. The number of halogens is 1. The van der Waals surface area contributed by atoms with Crippen LogP contribution in [-0.2, 0) is 0 Å². The molecule has 0 bridgehead atoms. The van der Waals surface area contributed by atoms with Crippen LogP contribution in [0.25, 0.3) is 5.57 Å². The second-order valence-electron chi connectivity index (χ2n) is 10.9. The standard InChI is InChI=1S/C26H37Cl/c1-25(2,3)22-9-5-19(6-10-22)17-21-13-16-26(14-4-15-26)18-24(21)20-7-11-23(27)12-8-20/h7-8,11-12,19,22H,4-6,9-10,13-18H2,1-3H3. The van der Waals surface area contributed by atoms with Gasteiger partial charge in [0.15, 0.2) is 0 Å². The monoisotopic (exact) mass is 384 g/mol. The van der Waals surface area contributed by atoms with Crippen molar-refractivity contribution < 1.29 is 0 Å². The highest BCUT2D eigenvalue weighted by molar-refractivity contribution is 6.30. The summed E-state index contributed by atoms with van der Waals surface area (Å²) in [6, 6.07) is 8.70. The smallest absolute Gasteiger partial charge is 0.0406 e. The van der Waals surface area contributed by atoms with E-state index in [9.17, 15) is 0 Å². The van der Waals surface area contributed by atoms with Gasteiger partial charge in [-0.05, 0) is 110 Å². The molecule has 3 aliphatic carbocycles. The zero-order valence-electron chi connectivity index (χ0n) is 17.6. The van der Waals surface area contributed by atoms with Crippen LogP contribution in [0.3, 0.4) is 0 Å². The van der Waals surface area contributed by atoms with Gasteiger partial charge < -0.3 is 0 Å². The predicted molar refractivity (Wildman–Crippen MR) is 118 cm³/mol. The summed E-state index contributed by atoms with van der Waals surface area (Å²) in [4.78, 5) is 0. The molecule has 0 aromatic heterocycles. The van der Waals surface area contributed by atoms with E-state index in [-0.39, 0.29) is 0 Å². The number of hydrogen-bond acceptors (Lipinski definition) is 0. The van der Waals surface area contributed by atoms with E-state index in [4.69, 9.17) is 11.6 Å². The van der Waals surface area contributed by atoms with Crippen LogP contribution in [0.1, 0.15) is 97.0 Å². The summed E-state index contributed by atoms with van der Waals surface area (Å²) in [6.45, 7) is 7.29. The maximum atomic E-state index is 6.17. The Hall–Kier alpha value is -0.750. The Kier molecular flexibility index (Phi) is 5.49. The van der Waals surface area contributed by atoms with Crippen molar-refractivity contribution in [2.45, 2.75) is 91.4 Å². The van der Waals surface area contributed by atoms with Gasteiger partial charge in [-0.15, -0.1) is 0 Å². The lowest BCUT2D eigenvalue weighted by Crippen LogP contribution is -2.33. The van der Waals surface area contributed by atoms with Crippen molar-refractivity contribution in [3.8, 4) is 0 Å². The molecule has 27 heavy (non-hydrogen) atoms. The van der Waals surface area contributed by atoms with E-state index in [1.807, 2.05) is 0 Å². The van der Waals surface area contributed by atoms with Crippen molar-refractivity contribution in [1.29, 1.82) is 0 Å². The Labute approximate surface area is 171 Å². The molecule has 1 heteroatoms. The zero-order valence-corrected chi connectivity index (χ0v) is 18.4. The highest BCUT2D eigenvalue weighted by Crippen LogP contribution is 2.56. The molecule has 0 heterocycles. The van der Waals surface area contributed by atoms with Crippen LogP contribution in [0, 0.1) is 22.7 Å². The molecule has 4 rings (SSSR count). The minimum atomic E-state index is 0.486. The second kappa shape index (κ2) is 7.58. The summed E-state index contributed by atoms with van der Waals surface area (Å²) in [5, 5.41) is 0.857. The van der Waals surface area contributed by atoms with Crippen molar-refractivity contribution in [3.63, 3.8) is 0 Å². The van der Waals surface area contributed by atoms with Gasteiger partial charge in [0.05, 0.1) is 0 Å². The zero-order chi connectivity index (χ0) is 19.1. The lowest BCUT2D eigenvalue weighted by atomic mass is 9.58. The highest BCUT2D eigenvalue weighted by atomic mass is 35.5. The molecule has 1 spiro atoms. The number of allylic oxidation sites excluding steroid dienone is 2. The Morgan fingerprint density at radius 1 is 0.963 bits per heavy atom. The van der Waals surface area contributed by atoms with Crippen molar-refractivity contribution in [2.75, 3.05) is 0 Å². The SMILES string of the molecule is CC(C)(C)C1CCC(CC2=C(c3ccc(Cl)cc3)CC3(CCC3)CC2)CC1. The predicted octanol–water partition coefficient (Wildman–Crippen LogP) is 8.69. The summed E-state index contributed by atoms with van der Waals surface area (Å²) in [5.74, 6) is 1.83. The fourth-order valence-corrected chi connectivity index (χ4v) is 6.15. The molecule has 0 atom stereocenters. The molecule has 0 nitrogen and oxygen atoms in total. The van der Waals surface area contributed by atoms with Gasteiger partial charge in [0, 0.05) is 5.02 Å². The summed E-state index contributed by atoms with van der Waals surface area (Å²) in [6.07, 6.45) is 15.5. The van der Waals surface area contributed by atoms with Crippen LogP contribution in [0.4, 0.5) is 0 Å². The molecule has 1 aromatic rings. The number of hydrogen-bond donors (Lipinski definition) is 0. The first-order valence-electron chi connectivity index (χ1n) is 11.3. The van der Waals surface area contributed by atoms with Gasteiger partial charge in [-0.2, -0.15) is 0 Å². The van der Waals surface area contributed by atoms with Crippen molar-refractivity contribution in [3.05, 3.63) is 40.4 Å². The minimum Gasteiger partial charge on any atom is -0.0843 e. The van der Waals surface area contributed by atoms with E-state index in [2.05, 4.69) is 45.0 Å². The first kappa shape index (κ1) is 19.6. The molecule has 1 aromatic carbocycles. The quantitative estimate of drug-likeness (QED) is 0.488. The molecule has 0 amide bonds. The van der Waals surface area contributed by atoms with Gasteiger partial charge in [-0.1, -0.05) is 56.5 Å². The van der Waals surface area contributed by atoms with Crippen molar-refractivity contribution in [1.82, 2.24) is 0 Å². The molecule has 148 valence electrons. The van der Waals surface area contributed by atoms with E-state index < -0.39 is 0 Å².